The quantitative estimate of drug-likeness (QED) is 0.507. The van der Waals surface area contributed by atoms with Gasteiger partial charge in [-0.25, -0.2) is 4.68 Å². The van der Waals surface area contributed by atoms with Crippen LogP contribution >= 0.6 is 12.2 Å². The summed E-state index contributed by atoms with van der Waals surface area (Å²) in [4.78, 5) is 4.89. The van der Waals surface area contributed by atoms with Crippen LogP contribution < -0.4 is 9.47 Å². The molecule has 4 rings (SSSR count). The van der Waals surface area contributed by atoms with Gasteiger partial charge >= 0.3 is 0 Å². The van der Waals surface area contributed by atoms with Crippen LogP contribution in [0.15, 0.2) is 42.7 Å². The fourth-order valence-electron chi connectivity index (χ4n) is 4.15. The van der Waals surface area contributed by atoms with Gasteiger partial charge in [0, 0.05) is 32.7 Å². The van der Waals surface area contributed by atoms with Crippen LogP contribution in [0.4, 0.5) is 0 Å². The van der Waals surface area contributed by atoms with Crippen molar-refractivity contribution in [2.24, 2.45) is 0 Å². The first-order chi connectivity index (χ1) is 15.5. The molecule has 1 saturated heterocycles. The van der Waals surface area contributed by atoms with Crippen LogP contribution in [-0.2, 0) is 13.2 Å². The summed E-state index contributed by atoms with van der Waals surface area (Å²) in [7, 11) is 3.35. The third kappa shape index (κ3) is 4.72. The van der Waals surface area contributed by atoms with Gasteiger partial charge in [0.1, 0.15) is 6.33 Å². The molecule has 0 bridgehead atoms. The van der Waals surface area contributed by atoms with Crippen molar-refractivity contribution in [1.29, 1.82) is 0 Å². The van der Waals surface area contributed by atoms with Gasteiger partial charge in [0.15, 0.2) is 11.5 Å². The molecular weight excluding hydrogens is 422 g/mol. The van der Waals surface area contributed by atoms with Gasteiger partial charge in [0.25, 0.3) is 0 Å². The summed E-state index contributed by atoms with van der Waals surface area (Å²) in [5.41, 5.74) is 4.76. The predicted octanol–water partition coefficient (Wildman–Crippen LogP) is 3.81. The van der Waals surface area contributed by atoms with Crippen LogP contribution in [0.2, 0.25) is 0 Å². The van der Waals surface area contributed by atoms with Gasteiger partial charge in [0.2, 0.25) is 4.77 Å². The van der Waals surface area contributed by atoms with Crippen molar-refractivity contribution in [3.63, 3.8) is 0 Å². The van der Waals surface area contributed by atoms with Crippen LogP contribution in [0.3, 0.4) is 0 Å². The number of aromatic nitrogens is 3. The zero-order chi connectivity index (χ0) is 22.7. The average molecular weight is 454 g/mol. The first-order valence-corrected chi connectivity index (χ1v) is 11.3. The van der Waals surface area contributed by atoms with Crippen LogP contribution in [0.25, 0.3) is 5.69 Å². The molecule has 0 amide bonds. The molecule has 0 spiro atoms. The molecule has 2 aromatic carbocycles. The smallest absolute Gasteiger partial charge is 0.203 e. The fraction of sp³-hybridized carbons (Fsp3) is 0.417. The summed E-state index contributed by atoms with van der Waals surface area (Å²) in [5.74, 6) is 1.56. The Kier molecular flexibility index (Phi) is 6.93. The Bertz CT molecular complexity index is 1130. The molecule has 0 radical (unpaired) electrons. The number of hydrogen-bond donors (Lipinski definition) is 0. The normalized spacial score (nSPS) is 15.1. The highest BCUT2D eigenvalue weighted by Crippen LogP contribution is 2.31. The Morgan fingerprint density at radius 2 is 1.56 bits per heavy atom. The van der Waals surface area contributed by atoms with E-state index in [1.54, 1.807) is 14.2 Å². The van der Waals surface area contributed by atoms with Crippen LogP contribution in [0.5, 0.6) is 11.5 Å². The molecule has 170 valence electrons. The highest BCUT2D eigenvalue weighted by molar-refractivity contribution is 7.71. The van der Waals surface area contributed by atoms with Crippen molar-refractivity contribution in [3.05, 3.63) is 64.2 Å². The lowest BCUT2D eigenvalue weighted by molar-refractivity contribution is 0.0979. The third-order valence-corrected chi connectivity index (χ3v) is 6.55. The fourth-order valence-corrected chi connectivity index (χ4v) is 4.40. The van der Waals surface area contributed by atoms with Crippen molar-refractivity contribution in [3.8, 4) is 17.2 Å². The van der Waals surface area contributed by atoms with Crippen LogP contribution in [-0.4, -0.2) is 64.5 Å². The Hall–Kier alpha value is -2.68. The molecule has 7 nitrogen and oxygen atoms in total. The lowest BCUT2D eigenvalue weighted by atomic mass is 10.1. The number of hydrogen-bond acceptors (Lipinski definition) is 6. The van der Waals surface area contributed by atoms with E-state index < -0.39 is 0 Å². The van der Waals surface area contributed by atoms with E-state index in [1.165, 1.54) is 16.7 Å². The molecule has 1 aliphatic heterocycles. The lowest BCUT2D eigenvalue weighted by Gasteiger charge is -2.34. The van der Waals surface area contributed by atoms with Crippen LogP contribution in [0.1, 0.15) is 16.7 Å². The van der Waals surface area contributed by atoms with E-state index in [0.717, 1.165) is 54.7 Å². The summed E-state index contributed by atoms with van der Waals surface area (Å²) >= 11 is 5.71. The Balaban J connectivity index is 1.37. The molecule has 0 atom stereocenters. The second-order valence-electron chi connectivity index (χ2n) is 8.24. The number of aryl methyl sites for hydroxylation is 2. The summed E-state index contributed by atoms with van der Waals surface area (Å²) in [6, 6.07) is 12.4. The predicted molar refractivity (Wildman–Crippen MR) is 128 cm³/mol. The summed E-state index contributed by atoms with van der Waals surface area (Å²) < 4.78 is 15.5. The van der Waals surface area contributed by atoms with Crippen molar-refractivity contribution in [2.75, 3.05) is 40.4 Å². The van der Waals surface area contributed by atoms with E-state index in [0.29, 0.717) is 6.67 Å². The maximum atomic E-state index is 5.71. The van der Waals surface area contributed by atoms with Crippen molar-refractivity contribution in [1.82, 2.24) is 24.1 Å². The topological polar surface area (TPSA) is 47.7 Å². The number of piperazine rings is 1. The highest BCUT2D eigenvalue weighted by Gasteiger charge is 2.20. The number of para-hydroxylation sites is 1. The molecule has 0 unspecified atom stereocenters. The molecule has 3 aromatic rings. The van der Waals surface area contributed by atoms with E-state index in [1.807, 2.05) is 27.7 Å². The van der Waals surface area contributed by atoms with Gasteiger partial charge < -0.3 is 9.47 Å². The molecule has 1 fully saturated rings. The maximum absolute atomic E-state index is 5.71. The van der Waals surface area contributed by atoms with Crippen molar-refractivity contribution < 1.29 is 9.47 Å². The number of benzene rings is 2. The van der Waals surface area contributed by atoms with Crippen molar-refractivity contribution >= 4 is 12.2 Å². The second kappa shape index (κ2) is 9.85. The van der Waals surface area contributed by atoms with E-state index in [4.69, 9.17) is 21.7 Å². The van der Waals surface area contributed by atoms with E-state index in [2.05, 4.69) is 53.0 Å². The van der Waals surface area contributed by atoms with Gasteiger partial charge in [-0.05, 0) is 61.0 Å². The van der Waals surface area contributed by atoms with E-state index >= 15 is 0 Å². The van der Waals surface area contributed by atoms with Crippen LogP contribution in [0, 0.1) is 18.6 Å². The minimum absolute atomic E-state index is 0.709. The number of ether oxygens (including phenoxy) is 2. The third-order valence-electron chi connectivity index (χ3n) is 6.14. The number of methoxy groups -OCH3 is 2. The maximum Gasteiger partial charge on any atom is 0.203 e. The SMILES string of the molecule is COc1cc(C)c(CN2CCN(Cn3ncn(-c4ccccc4C)c3=S)CC2)cc1OC. The second-order valence-corrected chi connectivity index (χ2v) is 8.60. The Morgan fingerprint density at radius 1 is 0.906 bits per heavy atom. The minimum Gasteiger partial charge on any atom is -0.493 e. The Labute approximate surface area is 194 Å². The first-order valence-electron chi connectivity index (χ1n) is 10.9. The zero-order valence-corrected chi connectivity index (χ0v) is 20.1. The standard InChI is InChI=1S/C24H31N5O2S/c1-18-7-5-6-8-21(18)28-16-25-29(24(28)32)17-27-11-9-26(10-12-27)15-20-14-23(31-4)22(30-3)13-19(20)2/h5-8,13-14,16H,9-12,15,17H2,1-4H3. The first kappa shape index (κ1) is 22.5. The minimum atomic E-state index is 0.709. The van der Waals surface area contributed by atoms with E-state index in [9.17, 15) is 0 Å². The number of nitrogens with zero attached hydrogens (tertiary/aromatic N) is 5. The molecule has 32 heavy (non-hydrogen) atoms. The molecule has 1 aromatic heterocycles. The van der Waals surface area contributed by atoms with Gasteiger partial charge in [-0.1, -0.05) is 18.2 Å². The summed E-state index contributed by atoms with van der Waals surface area (Å²) in [6.45, 7) is 9.78. The number of rotatable bonds is 7. The lowest BCUT2D eigenvalue weighted by Crippen LogP contribution is -2.46. The van der Waals surface area contributed by atoms with Gasteiger partial charge in [-0.15, -0.1) is 0 Å². The summed E-state index contributed by atoms with van der Waals surface area (Å²) in [6.07, 6.45) is 1.82. The monoisotopic (exact) mass is 453 g/mol. The largest absolute Gasteiger partial charge is 0.493 e. The molecule has 0 saturated carbocycles. The zero-order valence-electron chi connectivity index (χ0n) is 19.2. The molecule has 1 aliphatic rings. The average Bonchev–Trinajstić information content (AvgIpc) is 3.16. The van der Waals surface area contributed by atoms with Gasteiger partial charge in [-0.2, -0.15) is 5.10 Å². The molecule has 0 aliphatic carbocycles. The molecule has 2 heterocycles. The molecular formula is C24H31N5O2S. The van der Waals surface area contributed by atoms with Crippen molar-refractivity contribution in [2.45, 2.75) is 27.1 Å². The molecule has 0 N–H and O–H groups in total. The van der Waals surface area contributed by atoms with E-state index in [-0.39, 0.29) is 0 Å². The molecule has 8 heteroatoms. The van der Waals surface area contributed by atoms with Gasteiger partial charge in [0.05, 0.1) is 26.6 Å². The van der Waals surface area contributed by atoms with Gasteiger partial charge in [-0.3, -0.25) is 14.4 Å². The highest BCUT2D eigenvalue weighted by atomic mass is 32.1. The Morgan fingerprint density at radius 3 is 2.25 bits per heavy atom. The summed E-state index contributed by atoms with van der Waals surface area (Å²) in [5, 5.41) is 4.56.